The third-order valence-corrected chi connectivity index (χ3v) is 1.22. The molecular formula is C7H10N2. The SMILES string of the molecule is CC1=C(N)NC=CC=C1. The smallest absolute Gasteiger partial charge is 0.103 e. The molecule has 2 nitrogen and oxygen atoms in total. The molecule has 0 atom stereocenters. The van der Waals surface area contributed by atoms with Crippen molar-refractivity contribution in [3.63, 3.8) is 0 Å². The Balaban J connectivity index is 2.85. The number of nitrogens with one attached hydrogen (secondary N) is 1. The van der Waals surface area contributed by atoms with Gasteiger partial charge in [0.15, 0.2) is 0 Å². The van der Waals surface area contributed by atoms with E-state index in [1.165, 1.54) is 0 Å². The summed E-state index contributed by atoms with van der Waals surface area (Å²) in [7, 11) is 0. The van der Waals surface area contributed by atoms with Crippen LogP contribution in [0.1, 0.15) is 6.92 Å². The molecule has 0 radical (unpaired) electrons. The maximum absolute atomic E-state index is 5.54. The van der Waals surface area contributed by atoms with E-state index in [1.807, 2.05) is 31.4 Å². The molecule has 48 valence electrons. The van der Waals surface area contributed by atoms with E-state index in [1.54, 1.807) is 0 Å². The van der Waals surface area contributed by atoms with E-state index in [0.29, 0.717) is 0 Å². The van der Waals surface area contributed by atoms with E-state index in [-0.39, 0.29) is 0 Å². The summed E-state index contributed by atoms with van der Waals surface area (Å²) in [5.41, 5.74) is 6.61. The first-order valence-corrected chi connectivity index (χ1v) is 2.87. The van der Waals surface area contributed by atoms with Gasteiger partial charge in [0, 0.05) is 6.20 Å². The Morgan fingerprint density at radius 3 is 3.00 bits per heavy atom. The number of hydrogen-bond donors (Lipinski definition) is 2. The lowest BCUT2D eigenvalue weighted by Gasteiger charge is -1.99. The fourth-order valence-electron chi connectivity index (χ4n) is 0.597. The van der Waals surface area contributed by atoms with E-state index in [2.05, 4.69) is 5.32 Å². The molecule has 0 spiro atoms. The first-order valence-electron chi connectivity index (χ1n) is 2.87. The van der Waals surface area contributed by atoms with Crippen molar-refractivity contribution in [2.24, 2.45) is 5.73 Å². The van der Waals surface area contributed by atoms with Gasteiger partial charge in [-0.2, -0.15) is 0 Å². The van der Waals surface area contributed by atoms with E-state index in [9.17, 15) is 0 Å². The van der Waals surface area contributed by atoms with Crippen LogP contribution in [0.15, 0.2) is 35.8 Å². The zero-order valence-electron chi connectivity index (χ0n) is 5.39. The molecule has 3 N–H and O–H groups in total. The van der Waals surface area contributed by atoms with Gasteiger partial charge in [-0.25, -0.2) is 0 Å². The molecule has 2 heteroatoms. The summed E-state index contributed by atoms with van der Waals surface area (Å²) in [6, 6.07) is 0. The van der Waals surface area contributed by atoms with Crippen molar-refractivity contribution in [2.75, 3.05) is 0 Å². The predicted molar refractivity (Wildman–Crippen MR) is 38.3 cm³/mol. The maximum Gasteiger partial charge on any atom is 0.103 e. The van der Waals surface area contributed by atoms with Crippen LogP contribution in [0.3, 0.4) is 0 Å². The van der Waals surface area contributed by atoms with Crippen LogP contribution < -0.4 is 11.1 Å². The van der Waals surface area contributed by atoms with E-state index < -0.39 is 0 Å². The molecule has 0 aromatic heterocycles. The summed E-state index contributed by atoms with van der Waals surface area (Å²) in [5.74, 6) is 0.722. The van der Waals surface area contributed by atoms with Gasteiger partial charge in [-0.15, -0.1) is 0 Å². The average molecular weight is 122 g/mol. The summed E-state index contributed by atoms with van der Waals surface area (Å²) in [6.07, 6.45) is 7.62. The molecule has 0 amide bonds. The molecule has 0 bridgehead atoms. The van der Waals surface area contributed by atoms with Crippen molar-refractivity contribution in [1.82, 2.24) is 5.32 Å². The summed E-state index contributed by atoms with van der Waals surface area (Å²) in [6.45, 7) is 1.96. The highest BCUT2D eigenvalue weighted by molar-refractivity contribution is 5.27. The molecular weight excluding hydrogens is 112 g/mol. The van der Waals surface area contributed by atoms with Crippen LogP contribution in [-0.4, -0.2) is 0 Å². The van der Waals surface area contributed by atoms with Crippen LogP contribution in [0.4, 0.5) is 0 Å². The first-order chi connectivity index (χ1) is 4.30. The lowest BCUT2D eigenvalue weighted by Crippen LogP contribution is -2.14. The van der Waals surface area contributed by atoms with Crippen molar-refractivity contribution >= 4 is 0 Å². The standard InChI is InChI=1S/C7H10N2/c1-6-4-2-3-5-9-7(6)8/h2-5,9H,8H2,1H3. The van der Waals surface area contributed by atoms with Crippen LogP contribution in [0, 0.1) is 0 Å². The summed E-state index contributed by atoms with van der Waals surface area (Å²) in [5, 5.41) is 2.91. The van der Waals surface area contributed by atoms with E-state index >= 15 is 0 Å². The Morgan fingerprint density at radius 2 is 2.22 bits per heavy atom. The number of hydrogen-bond acceptors (Lipinski definition) is 2. The highest BCUT2D eigenvalue weighted by Crippen LogP contribution is 1.99. The summed E-state index contributed by atoms with van der Waals surface area (Å²) in [4.78, 5) is 0. The second-order valence-corrected chi connectivity index (χ2v) is 1.96. The van der Waals surface area contributed by atoms with Crippen molar-refractivity contribution < 1.29 is 0 Å². The number of allylic oxidation sites excluding steroid dienone is 4. The molecule has 9 heavy (non-hydrogen) atoms. The Labute approximate surface area is 54.7 Å². The molecule has 0 aromatic rings. The highest BCUT2D eigenvalue weighted by Gasteiger charge is 1.91. The van der Waals surface area contributed by atoms with Crippen LogP contribution in [0.2, 0.25) is 0 Å². The minimum Gasteiger partial charge on any atom is -0.385 e. The quantitative estimate of drug-likeness (QED) is 0.500. The zero-order chi connectivity index (χ0) is 6.69. The van der Waals surface area contributed by atoms with Crippen molar-refractivity contribution in [3.05, 3.63) is 35.8 Å². The maximum atomic E-state index is 5.54. The zero-order valence-corrected chi connectivity index (χ0v) is 5.39. The number of rotatable bonds is 0. The lowest BCUT2D eigenvalue weighted by molar-refractivity contribution is 1.01. The summed E-state index contributed by atoms with van der Waals surface area (Å²) < 4.78 is 0. The number of nitrogens with two attached hydrogens (primary N) is 1. The van der Waals surface area contributed by atoms with Crippen LogP contribution >= 0.6 is 0 Å². The second kappa shape index (κ2) is 2.40. The lowest BCUT2D eigenvalue weighted by atomic mass is 10.3. The predicted octanol–water partition coefficient (Wildman–Crippen LogP) is 0.850. The Kier molecular flexibility index (Phi) is 1.58. The first kappa shape index (κ1) is 5.95. The van der Waals surface area contributed by atoms with Crippen molar-refractivity contribution in [1.29, 1.82) is 0 Å². The van der Waals surface area contributed by atoms with Gasteiger partial charge in [-0.1, -0.05) is 12.2 Å². The third-order valence-electron chi connectivity index (χ3n) is 1.22. The average Bonchev–Trinajstić information content (AvgIpc) is 1.99. The highest BCUT2D eigenvalue weighted by atomic mass is 15.0. The van der Waals surface area contributed by atoms with Crippen LogP contribution in [0.25, 0.3) is 0 Å². The van der Waals surface area contributed by atoms with Gasteiger partial charge in [-0.3, -0.25) is 0 Å². The van der Waals surface area contributed by atoms with Gasteiger partial charge < -0.3 is 11.1 Å². The summed E-state index contributed by atoms with van der Waals surface area (Å²) >= 11 is 0. The molecule has 1 heterocycles. The molecule has 0 saturated carbocycles. The molecule has 0 fully saturated rings. The second-order valence-electron chi connectivity index (χ2n) is 1.96. The fraction of sp³-hybridized carbons (Fsp3) is 0.143. The van der Waals surface area contributed by atoms with Gasteiger partial charge in [0.2, 0.25) is 0 Å². The molecule has 1 aliphatic heterocycles. The third kappa shape index (κ3) is 1.35. The van der Waals surface area contributed by atoms with Crippen molar-refractivity contribution in [3.8, 4) is 0 Å². The Bertz CT molecular complexity index is 187. The van der Waals surface area contributed by atoms with Gasteiger partial charge in [-0.05, 0) is 18.6 Å². The molecule has 0 aliphatic carbocycles. The molecule has 0 aromatic carbocycles. The van der Waals surface area contributed by atoms with Gasteiger partial charge in [0.1, 0.15) is 5.82 Å². The molecule has 1 aliphatic rings. The minimum atomic E-state index is 0.722. The molecule has 0 unspecified atom stereocenters. The molecule has 0 saturated heterocycles. The minimum absolute atomic E-state index is 0.722. The normalized spacial score (nSPS) is 17.4. The molecule has 1 rings (SSSR count). The Morgan fingerprint density at radius 1 is 1.44 bits per heavy atom. The van der Waals surface area contributed by atoms with E-state index in [4.69, 9.17) is 5.73 Å². The Hall–Kier alpha value is -1.18. The fourth-order valence-corrected chi connectivity index (χ4v) is 0.597. The van der Waals surface area contributed by atoms with Gasteiger partial charge in [0.25, 0.3) is 0 Å². The monoisotopic (exact) mass is 122 g/mol. The topological polar surface area (TPSA) is 38.0 Å². The van der Waals surface area contributed by atoms with Gasteiger partial charge in [0.05, 0.1) is 0 Å². The van der Waals surface area contributed by atoms with E-state index in [0.717, 1.165) is 11.4 Å². The van der Waals surface area contributed by atoms with Gasteiger partial charge >= 0.3 is 0 Å². The van der Waals surface area contributed by atoms with Crippen molar-refractivity contribution in [2.45, 2.75) is 6.92 Å². The largest absolute Gasteiger partial charge is 0.385 e. The van der Waals surface area contributed by atoms with Crippen LogP contribution in [-0.2, 0) is 0 Å². The van der Waals surface area contributed by atoms with Crippen LogP contribution in [0.5, 0.6) is 0 Å².